The van der Waals surface area contributed by atoms with Gasteiger partial charge in [-0.25, -0.2) is 4.39 Å². The molecule has 0 saturated heterocycles. The van der Waals surface area contributed by atoms with E-state index in [1.54, 1.807) is 13.0 Å². The first kappa shape index (κ1) is 11.9. The Morgan fingerprint density at radius 3 is 2.75 bits per heavy atom. The molecule has 0 amide bonds. The van der Waals surface area contributed by atoms with Crippen molar-refractivity contribution in [1.82, 2.24) is 0 Å². The van der Waals surface area contributed by atoms with Gasteiger partial charge in [0, 0.05) is 6.07 Å². The van der Waals surface area contributed by atoms with Crippen molar-refractivity contribution in [2.45, 2.75) is 39.2 Å². The van der Waals surface area contributed by atoms with Gasteiger partial charge < -0.3 is 4.74 Å². The van der Waals surface area contributed by atoms with E-state index in [-0.39, 0.29) is 11.9 Å². The molecule has 0 bridgehead atoms. The molecule has 16 heavy (non-hydrogen) atoms. The van der Waals surface area contributed by atoms with E-state index >= 15 is 0 Å². The van der Waals surface area contributed by atoms with Gasteiger partial charge in [-0.05, 0) is 59.7 Å². The molecule has 0 aliphatic heterocycles. The molecule has 1 aliphatic rings. The Hall–Kier alpha value is -0.570. The molecule has 0 N–H and O–H groups in total. The van der Waals surface area contributed by atoms with Gasteiger partial charge in [0.1, 0.15) is 11.6 Å². The second-order valence-electron chi connectivity index (χ2n) is 4.69. The standard InChI is InChI=1S/C13H16BrFO/c1-8-3-4-10(5-8)16-13-7-12(15)9(2)6-11(13)14/h6-8,10H,3-5H2,1-2H3/t8-,10+/m0/s1. The second kappa shape index (κ2) is 4.74. The molecule has 1 saturated carbocycles. The molecule has 0 radical (unpaired) electrons. The zero-order valence-electron chi connectivity index (χ0n) is 9.59. The fourth-order valence-electron chi connectivity index (χ4n) is 2.16. The first-order valence-corrected chi connectivity index (χ1v) is 6.48. The van der Waals surface area contributed by atoms with E-state index in [4.69, 9.17) is 4.74 Å². The van der Waals surface area contributed by atoms with E-state index in [2.05, 4.69) is 22.9 Å². The third-order valence-electron chi connectivity index (χ3n) is 3.15. The molecule has 0 unspecified atom stereocenters. The molecular weight excluding hydrogens is 271 g/mol. The average Bonchev–Trinajstić information content (AvgIpc) is 2.60. The Labute approximate surface area is 104 Å². The molecule has 1 aliphatic carbocycles. The van der Waals surface area contributed by atoms with E-state index in [9.17, 15) is 4.39 Å². The summed E-state index contributed by atoms with van der Waals surface area (Å²) in [6.07, 6.45) is 3.59. The summed E-state index contributed by atoms with van der Waals surface area (Å²) in [6, 6.07) is 3.24. The maximum absolute atomic E-state index is 13.4. The Morgan fingerprint density at radius 2 is 2.12 bits per heavy atom. The molecule has 1 aromatic rings. The van der Waals surface area contributed by atoms with Gasteiger partial charge in [0.05, 0.1) is 10.6 Å². The lowest BCUT2D eigenvalue weighted by Crippen LogP contribution is -2.12. The summed E-state index contributed by atoms with van der Waals surface area (Å²) in [5.74, 6) is 1.14. The minimum atomic E-state index is -0.204. The van der Waals surface area contributed by atoms with Crippen molar-refractivity contribution in [3.8, 4) is 5.75 Å². The Bertz CT molecular complexity index is 392. The van der Waals surface area contributed by atoms with Gasteiger partial charge in [0.15, 0.2) is 0 Å². The molecule has 1 fully saturated rings. The first-order chi connectivity index (χ1) is 7.56. The van der Waals surface area contributed by atoms with Crippen LogP contribution in [0.1, 0.15) is 31.7 Å². The van der Waals surface area contributed by atoms with Crippen LogP contribution in [0.3, 0.4) is 0 Å². The second-order valence-corrected chi connectivity index (χ2v) is 5.54. The van der Waals surface area contributed by atoms with E-state index in [1.165, 1.54) is 12.5 Å². The lowest BCUT2D eigenvalue weighted by Gasteiger charge is -2.15. The highest BCUT2D eigenvalue weighted by molar-refractivity contribution is 9.10. The fourth-order valence-corrected chi connectivity index (χ4v) is 2.71. The maximum Gasteiger partial charge on any atom is 0.136 e. The van der Waals surface area contributed by atoms with Gasteiger partial charge in [-0.2, -0.15) is 0 Å². The first-order valence-electron chi connectivity index (χ1n) is 5.68. The molecular formula is C13H16BrFO. The highest BCUT2D eigenvalue weighted by Gasteiger charge is 2.23. The molecule has 2 atom stereocenters. The summed E-state index contributed by atoms with van der Waals surface area (Å²) in [7, 11) is 0. The van der Waals surface area contributed by atoms with Crippen LogP contribution in [0.5, 0.6) is 5.75 Å². The van der Waals surface area contributed by atoms with Gasteiger partial charge in [0.2, 0.25) is 0 Å². The number of ether oxygens (including phenoxy) is 1. The highest BCUT2D eigenvalue weighted by atomic mass is 79.9. The van der Waals surface area contributed by atoms with Crippen LogP contribution < -0.4 is 4.74 Å². The Kier molecular flexibility index (Phi) is 3.53. The Morgan fingerprint density at radius 1 is 1.38 bits per heavy atom. The topological polar surface area (TPSA) is 9.23 Å². The molecule has 0 aromatic heterocycles. The van der Waals surface area contributed by atoms with Crippen LogP contribution in [0.2, 0.25) is 0 Å². The van der Waals surface area contributed by atoms with Crippen LogP contribution in [0.15, 0.2) is 16.6 Å². The van der Waals surface area contributed by atoms with Crippen LogP contribution in [-0.2, 0) is 0 Å². The van der Waals surface area contributed by atoms with Crippen LogP contribution in [0.25, 0.3) is 0 Å². The SMILES string of the molecule is Cc1cc(Br)c(O[C@@H]2CC[C@H](C)C2)cc1F. The van der Waals surface area contributed by atoms with E-state index in [0.29, 0.717) is 11.3 Å². The third kappa shape index (κ3) is 2.57. The van der Waals surface area contributed by atoms with Gasteiger partial charge in [-0.3, -0.25) is 0 Å². The normalized spacial score (nSPS) is 24.8. The lowest BCUT2D eigenvalue weighted by molar-refractivity contribution is 0.203. The van der Waals surface area contributed by atoms with E-state index in [0.717, 1.165) is 23.2 Å². The predicted molar refractivity (Wildman–Crippen MR) is 66.3 cm³/mol. The van der Waals surface area contributed by atoms with Crippen LogP contribution in [-0.4, -0.2) is 6.10 Å². The molecule has 88 valence electrons. The van der Waals surface area contributed by atoms with Crippen molar-refractivity contribution in [3.05, 3.63) is 28.0 Å². The number of hydrogen-bond donors (Lipinski definition) is 0. The fraction of sp³-hybridized carbons (Fsp3) is 0.538. The van der Waals surface area contributed by atoms with E-state index < -0.39 is 0 Å². The largest absolute Gasteiger partial charge is 0.489 e. The number of rotatable bonds is 2. The smallest absolute Gasteiger partial charge is 0.136 e. The van der Waals surface area contributed by atoms with Crippen molar-refractivity contribution in [2.75, 3.05) is 0 Å². The number of aryl methyl sites for hydroxylation is 1. The van der Waals surface area contributed by atoms with Gasteiger partial charge in [-0.15, -0.1) is 0 Å². The van der Waals surface area contributed by atoms with E-state index in [1.807, 2.05) is 0 Å². The number of benzene rings is 1. The summed E-state index contributed by atoms with van der Waals surface area (Å²) < 4.78 is 20.1. The van der Waals surface area contributed by atoms with Crippen molar-refractivity contribution >= 4 is 15.9 Å². The predicted octanol–water partition coefficient (Wildman–Crippen LogP) is 4.46. The summed E-state index contributed by atoms with van der Waals surface area (Å²) >= 11 is 3.41. The molecule has 0 spiro atoms. The van der Waals surface area contributed by atoms with Gasteiger partial charge in [-0.1, -0.05) is 6.92 Å². The molecule has 1 aromatic carbocycles. The Balaban J connectivity index is 2.12. The minimum absolute atomic E-state index is 0.204. The van der Waals surface area contributed by atoms with Crippen LogP contribution >= 0.6 is 15.9 Å². The molecule has 2 rings (SSSR count). The summed E-state index contributed by atoms with van der Waals surface area (Å²) in [5, 5.41) is 0. The van der Waals surface area contributed by atoms with Gasteiger partial charge >= 0.3 is 0 Å². The lowest BCUT2D eigenvalue weighted by atomic mass is 10.1. The maximum atomic E-state index is 13.4. The summed E-state index contributed by atoms with van der Waals surface area (Å²) in [5.41, 5.74) is 0.638. The number of hydrogen-bond acceptors (Lipinski definition) is 1. The van der Waals surface area contributed by atoms with Crippen LogP contribution in [0, 0.1) is 18.7 Å². The zero-order chi connectivity index (χ0) is 11.7. The average molecular weight is 287 g/mol. The van der Waals surface area contributed by atoms with Gasteiger partial charge in [0.25, 0.3) is 0 Å². The van der Waals surface area contributed by atoms with Crippen molar-refractivity contribution in [2.24, 2.45) is 5.92 Å². The van der Waals surface area contributed by atoms with Crippen molar-refractivity contribution in [3.63, 3.8) is 0 Å². The summed E-state index contributed by atoms with van der Waals surface area (Å²) in [4.78, 5) is 0. The molecule has 1 nitrogen and oxygen atoms in total. The molecule has 3 heteroatoms. The molecule has 0 heterocycles. The zero-order valence-corrected chi connectivity index (χ0v) is 11.2. The van der Waals surface area contributed by atoms with Crippen molar-refractivity contribution in [1.29, 1.82) is 0 Å². The highest BCUT2D eigenvalue weighted by Crippen LogP contribution is 2.33. The quantitative estimate of drug-likeness (QED) is 0.780. The van der Waals surface area contributed by atoms with Crippen LogP contribution in [0.4, 0.5) is 4.39 Å². The number of halogens is 2. The monoisotopic (exact) mass is 286 g/mol. The van der Waals surface area contributed by atoms with Crippen molar-refractivity contribution < 1.29 is 9.13 Å². The third-order valence-corrected chi connectivity index (χ3v) is 3.77. The summed E-state index contributed by atoms with van der Waals surface area (Å²) in [6.45, 7) is 3.98. The minimum Gasteiger partial charge on any atom is -0.489 e.